The van der Waals surface area contributed by atoms with E-state index >= 15 is 0 Å². The van der Waals surface area contributed by atoms with Crippen LogP contribution in [0.1, 0.15) is 15.9 Å². The largest absolute Gasteiger partial charge is 0.449 e. The van der Waals surface area contributed by atoms with Gasteiger partial charge in [-0.25, -0.2) is 4.79 Å². The van der Waals surface area contributed by atoms with Crippen LogP contribution in [0.5, 0.6) is 0 Å². The lowest BCUT2D eigenvalue weighted by Crippen LogP contribution is -2.04. The quantitative estimate of drug-likeness (QED) is 0.522. The van der Waals surface area contributed by atoms with Gasteiger partial charge in [0.05, 0.1) is 23.5 Å². The van der Waals surface area contributed by atoms with Crippen LogP contribution in [-0.2, 0) is 11.3 Å². The molecule has 5 heteroatoms. The topological polar surface area (TPSA) is 71.2 Å². The monoisotopic (exact) mass is 294 g/mol. The van der Waals surface area contributed by atoms with Crippen molar-refractivity contribution in [2.75, 3.05) is 6.61 Å². The third kappa shape index (κ3) is 4.27. The number of nitrogens with zero attached hydrogens (tertiary/aromatic N) is 2. The predicted octanol–water partition coefficient (Wildman–Crippen LogP) is 3.38. The van der Waals surface area contributed by atoms with E-state index in [0.717, 1.165) is 5.56 Å². The summed E-state index contributed by atoms with van der Waals surface area (Å²) >= 11 is 0. The van der Waals surface area contributed by atoms with E-state index in [-0.39, 0.29) is 13.2 Å². The van der Waals surface area contributed by atoms with E-state index < -0.39 is 5.97 Å². The van der Waals surface area contributed by atoms with Crippen LogP contribution in [-0.4, -0.2) is 17.7 Å². The molecule has 0 saturated carbocycles. The first-order valence-electron chi connectivity index (χ1n) is 6.55. The van der Waals surface area contributed by atoms with E-state index in [0.29, 0.717) is 16.9 Å². The molecule has 0 aliphatic carbocycles. The molecule has 0 aliphatic rings. The van der Waals surface area contributed by atoms with Gasteiger partial charge >= 0.3 is 5.97 Å². The molecule has 1 N–H and O–H groups in total. The highest BCUT2D eigenvalue weighted by molar-refractivity contribution is 5.89. The Hall–Kier alpha value is -2.97. The van der Waals surface area contributed by atoms with Gasteiger partial charge in [0.15, 0.2) is 6.61 Å². The zero-order valence-corrected chi connectivity index (χ0v) is 11.8. The molecule has 2 aromatic carbocycles. The number of aliphatic hydroxyl groups is 1. The van der Waals surface area contributed by atoms with Crippen LogP contribution in [0.25, 0.3) is 0 Å². The fourth-order valence-electron chi connectivity index (χ4n) is 1.64. The number of ether oxygens (including phenoxy) is 1. The summed E-state index contributed by atoms with van der Waals surface area (Å²) in [5.74, 6) is 1.76. The van der Waals surface area contributed by atoms with Crippen molar-refractivity contribution >= 4 is 17.3 Å². The molecule has 0 aromatic heterocycles. The Balaban J connectivity index is 2.02. The van der Waals surface area contributed by atoms with Gasteiger partial charge in [0.25, 0.3) is 0 Å². The Morgan fingerprint density at radius 1 is 1.05 bits per heavy atom. The number of aliphatic hydroxyl groups excluding tert-OH is 1. The van der Waals surface area contributed by atoms with Gasteiger partial charge in [0, 0.05) is 0 Å². The second-order valence-corrected chi connectivity index (χ2v) is 4.35. The first-order chi connectivity index (χ1) is 10.7. The van der Waals surface area contributed by atoms with Gasteiger partial charge in [0.1, 0.15) is 0 Å². The Labute approximate surface area is 128 Å². The van der Waals surface area contributed by atoms with Crippen molar-refractivity contribution in [3.05, 3.63) is 59.7 Å². The molecule has 0 radical (unpaired) electrons. The van der Waals surface area contributed by atoms with Crippen molar-refractivity contribution in [2.45, 2.75) is 6.61 Å². The molecule has 110 valence electrons. The van der Waals surface area contributed by atoms with Crippen LogP contribution in [0.15, 0.2) is 58.8 Å². The number of benzene rings is 2. The summed E-state index contributed by atoms with van der Waals surface area (Å²) in [6, 6.07) is 13.6. The third-order valence-corrected chi connectivity index (χ3v) is 2.79. The summed E-state index contributed by atoms with van der Waals surface area (Å²) in [6.45, 7) is -0.0568. The Morgan fingerprint density at radius 2 is 1.59 bits per heavy atom. The zero-order valence-electron chi connectivity index (χ0n) is 11.8. The first-order valence-corrected chi connectivity index (χ1v) is 6.55. The van der Waals surface area contributed by atoms with Gasteiger partial charge in [-0.3, -0.25) is 0 Å². The van der Waals surface area contributed by atoms with Crippen molar-refractivity contribution in [2.24, 2.45) is 10.2 Å². The number of azo groups is 1. The predicted molar refractivity (Wildman–Crippen MR) is 82.1 cm³/mol. The van der Waals surface area contributed by atoms with Gasteiger partial charge in [0.2, 0.25) is 0 Å². The van der Waals surface area contributed by atoms with Crippen molar-refractivity contribution in [1.82, 2.24) is 0 Å². The van der Waals surface area contributed by atoms with E-state index in [4.69, 9.17) is 16.3 Å². The van der Waals surface area contributed by atoms with Crippen LogP contribution in [0.2, 0.25) is 0 Å². The van der Waals surface area contributed by atoms with Gasteiger partial charge in [-0.2, -0.15) is 10.2 Å². The maximum Gasteiger partial charge on any atom is 0.339 e. The van der Waals surface area contributed by atoms with Crippen molar-refractivity contribution in [1.29, 1.82) is 0 Å². The Kier molecular flexibility index (Phi) is 5.41. The minimum absolute atomic E-state index is 0.00530. The molecule has 0 atom stereocenters. The van der Waals surface area contributed by atoms with Gasteiger partial charge < -0.3 is 9.84 Å². The van der Waals surface area contributed by atoms with Crippen LogP contribution < -0.4 is 0 Å². The summed E-state index contributed by atoms with van der Waals surface area (Å²) in [6.07, 6.45) is 5.02. The van der Waals surface area contributed by atoms with Crippen molar-refractivity contribution in [3.63, 3.8) is 0 Å². The number of hydrogen-bond donors (Lipinski definition) is 1. The lowest BCUT2D eigenvalue weighted by molar-refractivity contribution is 0.0557. The molecule has 22 heavy (non-hydrogen) atoms. The van der Waals surface area contributed by atoms with Crippen LogP contribution >= 0.6 is 0 Å². The summed E-state index contributed by atoms with van der Waals surface area (Å²) < 4.78 is 4.82. The lowest BCUT2D eigenvalue weighted by atomic mass is 10.2. The molecule has 5 nitrogen and oxygen atoms in total. The third-order valence-electron chi connectivity index (χ3n) is 2.79. The number of carbonyl (C=O) groups is 1. The highest BCUT2D eigenvalue weighted by Gasteiger charge is 2.05. The van der Waals surface area contributed by atoms with E-state index in [1.165, 1.54) is 0 Å². The van der Waals surface area contributed by atoms with Crippen LogP contribution in [0, 0.1) is 12.3 Å². The highest BCUT2D eigenvalue weighted by Crippen LogP contribution is 2.19. The smallest absolute Gasteiger partial charge is 0.339 e. The SMILES string of the molecule is C#CCOC(=O)c1ccc(N=Nc2ccc(CO)cc2)cc1. The first kappa shape index (κ1) is 15.4. The number of terminal acetylenes is 1. The number of carbonyl (C=O) groups excluding carboxylic acids is 1. The van der Waals surface area contributed by atoms with Gasteiger partial charge in [-0.1, -0.05) is 18.1 Å². The number of rotatable bonds is 5. The standard InChI is InChI=1S/C17H14N2O3/c1-2-11-22-17(21)14-5-9-16(10-6-14)19-18-15-7-3-13(12-20)4-8-15/h1,3-10,20H,11-12H2. The van der Waals surface area contributed by atoms with Gasteiger partial charge in [-0.05, 0) is 42.0 Å². The molecular weight excluding hydrogens is 280 g/mol. The Bertz CT molecular complexity index is 698. The molecule has 0 heterocycles. The molecular formula is C17H14N2O3. The molecule has 0 aliphatic heterocycles. The fourth-order valence-corrected chi connectivity index (χ4v) is 1.64. The summed E-state index contributed by atoms with van der Waals surface area (Å²) in [5.41, 5.74) is 2.50. The minimum Gasteiger partial charge on any atom is -0.449 e. The molecule has 0 bridgehead atoms. The minimum atomic E-state index is -0.471. The van der Waals surface area contributed by atoms with Crippen molar-refractivity contribution in [3.8, 4) is 12.3 Å². The average molecular weight is 294 g/mol. The van der Waals surface area contributed by atoms with E-state index in [9.17, 15) is 4.79 Å². The van der Waals surface area contributed by atoms with Gasteiger partial charge in [-0.15, -0.1) is 6.42 Å². The summed E-state index contributed by atoms with van der Waals surface area (Å²) in [5, 5.41) is 17.1. The number of hydrogen-bond acceptors (Lipinski definition) is 5. The fraction of sp³-hybridized carbons (Fsp3) is 0.118. The molecule has 0 unspecified atom stereocenters. The maximum absolute atomic E-state index is 11.6. The average Bonchev–Trinajstić information content (AvgIpc) is 2.58. The lowest BCUT2D eigenvalue weighted by Gasteiger charge is -2.01. The molecule has 0 spiro atoms. The summed E-state index contributed by atoms with van der Waals surface area (Å²) in [4.78, 5) is 11.6. The molecule has 0 fully saturated rings. The normalized spacial score (nSPS) is 10.4. The second kappa shape index (κ2) is 7.72. The second-order valence-electron chi connectivity index (χ2n) is 4.35. The summed E-state index contributed by atoms with van der Waals surface area (Å²) in [7, 11) is 0. The van der Waals surface area contributed by atoms with Crippen LogP contribution in [0.3, 0.4) is 0 Å². The molecule has 2 aromatic rings. The van der Waals surface area contributed by atoms with E-state index in [1.807, 2.05) is 0 Å². The molecule has 0 amide bonds. The van der Waals surface area contributed by atoms with Crippen molar-refractivity contribution < 1.29 is 14.6 Å². The molecule has 0 saturated heterocycles. The van der Waals surface area contributed by atoms with Crippen LogP contribution in [0.4, 0.5) is 11.4 Å². The molecule has 2 rings (SSSR count). The maximum atomic E-state index is 11.6. The van der Waals surface area contributed by atoms with E-state index in [2.05, 4.69) is 16.1 Å². The Morgan fingerprint density at radius 3 is 2.09 bits per heavy atom. The highest BCUT2D eigenvalue weighted by atomic mass is 16.5. The number of esters is 1. The van der Waals surface area contributed by atoms with E-state index in [1.54, 1.807) is 48.5 Å². The zero-order chi connectivity index (χ0) is 15.8.